The molecule has 138 valence electrons. The first-order valence-corrected chi connectivity index (χ1v) is 9.82. The molecule has 0 aliphatic heterocycles. The molecule has 7 nitrogen and oxygen atoms in total. The number of nitrogens with one attached hydrogen (secondary N) is 1. The van der Waals surface area contributed by atoms with Gasteiger partial charge in [-0.05, 0) is 35.7 Å². The van der Waals surface area contributed by atoms with Crippen molar-refractivity contribution < 1.29 is 22.7 Å². The van der Waals surface area contributed by atoms with Crippen molar-refractivity contribution in [3.63, 3.8) is 0 Å². The molecule has 1 N–H and O–H groups in total. The number of benzene rings is 1. The van der Waals surface area contributed by atoms with Gasteiger partial charge in [-0.25, -0.2) is 17.5 Å². The number of hydrogen-bond acceptors (Lipinski definition) is 6. The largest absolute Gasteiger partial charge is 0.452 e. The van der Waals surface area contributed by atoms with Crippen LogP contribution in [0.2, 0.25) is 0 Å². The molecular formula is C17H18N2O5S2. The predicted molar refractivity (Wildman–Crippen MR) is 100 cm³/mol. The average molecular weight is 394 g/mol. The molecular weight excluding hydrogens is 376 g/mol. The van der Waals surface area contributed by atoms with E-state index in [1.54, 1.807) is 12.1 Å². The summed E-state index contributed by atoms with van der Waals surface area (Å²) in [6, 6.07) is 9.53. The van der Waals surface area contributed by atoms with Gasteiger partial charge < -0.3 is 10.1 Å². The average Bonchev–Trinajstić information content (AvgIpc) is 3.12. The summed E-state index contributed by atoms with van der Waals surface area (Å²) in [5.74, 6) is -1.21. The fraction of sp³-hybridized carbons (Fsp3) is 0.176. The van der Waals surface area contributed by atoms with Crippen LogP contribution in [0.1, 0.15) is 4.88 Å². The molecule has 0 unspecified atom stereocenters. The molecule has 0 bridgehead atoms. The molecule has 1 heterocycles. The highest BCUT2D eigenvalue weighted by Gasteiger charge is 2.17. The maximum absolute atomic E-state index is 12.1. The predicted octanol–water partition coefficient (Wildman–Crippen LogP) is 2.19. The van der Waals surface area contributed by atoms with Crippen LogP contribution in [0.25, 0.3) is 6.08 Å². The first-order valence-electron chi connectivity index (χ1n) is 7.50. The van der Waals surface area contributed by atoms with Crippen molar-refractivity contribution in [3.8, 4) is 0 Å². The Bertz CT molecular complexity index is 903. The van der Waals surface area contributed by atoms with Gasteiger partial charge in [0.1, 0.15) is 0 Å². The maximum Gasteiger partial charge on any atom is 0.331 e. The van der Waals surface area contributed by atoms with Crippen LogP contribution < -0.4 is 5.32 Å². The van der Waals surface area contributed by atoms with Crippen molar-refractivity contribution in [1.82, 2.24) is 4.31 Å². The number of rotatable bonds is 7. The third-order valence-corrected chi connectivity index (χ3v) is 5.82. The Morgan fingerprint density at radius 2 is 2.00 bits per heavy atom. The molecule has 0 spiro atoms. The van der Waals surface area contributed by atoms with Crippen molar-refractivity contribution in [3.05, 3.63) is 52.7 Å². The van der Waals surface area contributed by atoms with Crippen LogP contribution in [0.3, 0.4) is 0 Å². The minimum absolute atomic E-state index is 0.0520. The van der Waals surface area contributed by atoms with Gasteiger partial charge in [0.2, 0.25) is 10.0 Å². The van der Waals surface area contributed by atoms with Gasteiger partial charge in [-0.3, -0.25) is 4.79 Å². The minimum Gasteiger partial charge on any atom is -0.452 e. The Labute approximate surface area is 156 Å². The van der Waals surface area contributed by atoms with Crippen molar-refractivity contribution in [2.75, 3.05) is 26.0 Å². The molecule has 1 aromatic carbocycles. The summed E-state index contributed by atoms with van der Waals surface area (Å²) in [6.07, 6.45) is 2.84. The third kappa shape index (κ3) is 5.51. The van der Waals surface area contributed by atoms with Crippen LogP contribution >= 0.6 is 11.3 Å². The topological polar surface area (TPSA) is 92.8 Å². The zero-order chi connectivity index (χ0) is 19.2. The smallest absolute Gasteiger partial charge is 0.331 e. The van der Waals surface area contributed by atoms with Crippen LogP contribution in [0.15, 0.2) is 52.7 Å². The third-order valence-electron chi connectivity index (χ3n) is 3.17. The van der Waals surface area contributed by atoms with E-state index in [0.29, 0.717) is 5.69 Å². The van der Waals surface area contributed by atoms with Gasteiger partial charge in [0.15, 0.2) is 6.61 Å². The van der Waals surface area contributed by atoms with E-state index in [9.17, 15) is 18.0 Å². The number of anilines is 1. The van der Waals surface area contributed by atoms with Gasteiger partial charge in [0, 0.05) is 30.7 Å². The number of amides is 1. The molecule has 0 fully saturated rings. The number of thiophene rings is 1. The first kappa shape index (κ1) is 19.8. The number of hydrogen-bond donors (Lipinski definition) is 1. The summed E-state index contributed by atoms with van der Waals surface area (Å²) >= 11 is 1.47. The van der Waals surface area contributed by atoms with Crippen molar-refractivity contribution in [2.24, 2.45) is 0 Å². The number of carbonyl (C=O) groups excluding carboxylic acids is 2. The standard InChI is InChI=1S/C17H18N2O5S2/c1-19(2)26(22,23)15-7-3-5-13(11-15)18-16(20)12-24-17(21)9-8-14-6-4-10-25-14/h3-11H,12H2,1-2H3,(H,18,20)/b9-8+. The van der Waals surface area contributed by atoms with Gasteiger partial charge >= 0.3 is 5.97 Å². The molecule has 0 radical (unpaired) electrons. The summed E-state index contributed by atoms with van der Waals surface area (Å²) in [5.41, 5.74) is 0.295. The molecule has 2 aromatic rings. The molecule has 0 saturated carbocycles. The fourth-order valence-electron chi connectivity index (χ4n) is 1.86. The Morgan fingerprint density at radius 3 is 2.65 bits per heavy atom. The van der Waals surface area contributed by atoms with Gasteiger partial charge in [-0.2, -0.15) is 0 Å². The van der Waals surface area contributed by atoms with Crippen molar-refractivity contribution in [2.45, 2.75) is 4.90 Å². The lowest BCUT2D eigenvalue weighted by Crippen LogP contribution is -2.23. The Morgan fingerprint density at radius 1 is 1.23 bits per heavy atom. The van der Waals surface area contributed by atoms with Crippen LogP contribution in [-0.4, -0.2) is 45.3 Å². The molecule has 1 aromatic heterocycles. The van der Waals surface area contributed by atoms with Gasteiger partial charge in [0.05, 0.1) is 4.90 Å². The Hall–Kier alpha value is -2.49. The molecule has 9 heteroatoms. The summed E-state index contributed by atoms with van der Waals surface area (Å²) in [4.78, 5) is 24.4. The van der Waals surface area contributed by atoms with Crippen molar-refractivity contribution in [1.29, 1.82) is 0 Å². The van der Waals surface area contributed by atoms with Gasteiger partial charge in [0.25, 0.3) is 5.91 Å². The van der Waals surface area contributed by atoms with Crippen molar-refractivity contribution >= 4 is 45.0 Å². The second kappa shape index (κ2) is 8.75. The number of esters is 1. The van der Waals surface area contributed by atoms with E-state index < -0.39 is 28.5 Å². The lowest BCUT2D eigenvalue weighted by Gasteiger charge is -2.12. The highest BCUT2D eigenvalue weighted by atomic mass is 32.2. The summed E-state index contributed by atoms with van der Waals surface area (Å²) < 4.78 is 30.1. The van der Waals surface area contributed by atoms with E-state index in [1.165, 1.54) is 49.7 Å². The molecule has 1 amide bonds. The zero-order valence-corrected chi connectivity index (χ0v) is 15.8. The molecule has 2 rings (SSSR count). The first-order chi connectivity index (χ1) is 12.3. The molecule has 0 saturated heterocycles. The molecule has 0 aliphatic rings. The summed E-state index contributed by atoms with van der Waals surface area (Å²) in [5, 5.41) is 4.38. The second-order valence-electron chi connectivity index (χ2n) is 5.32. The number of ether oxygens (including phenoxy) is 1. The zero-order valence-electron chi connectivity index (χ0n) is 14.2. The molecule has 26 heavy (non-hydrogen) atoms. The van der Waals surface area contributed by atoms with E-state index in [0.717, 1.165) is 9.18 Å². The van der Waals surface area contributed by atoms with Crippen LogP contribution in [0, 0.1) is 0 Å². The van der Waals surface area contributed by atoms with E-state index >= 15 is 0 Å². The summed E-state index contributed by atoms with van der Waals surface area (Å²) in [7, 11) is -0.761. The quantitative estimate of drug-likeness (QED) is 0.574. The Kier molecular flexibility index (Phi) is 6.67. The number of nitrogens with zero attached hydrogens (tertiary/aromatic N) is 1. The monoisotopic (exact) mass is 394 g/mol. The van der Waals surface area contributed by atoms with E-state index in [-0.39, 0.29) is 4.90 Å². The maximum atomic E-state index is 12.1. The van der Waals surface area contributed by atoms with Crippen LogP contribution in [0.4, 0.5) is 5.69 Å². The molecule has 0 atom stereocenters. The summed E-state index contributed by atoms with van der Waals surface area (Å²) in [6.45, 7) is -0.474. The number of sulfonamides is 1. The number of carbonyl (C=O) groups is 2. The van der Waals surface area contributed by atoms with E-state index in [1.807, 2.05) is 17.5 Å². The highest BCUT2D eigenvalue weighted by Crippen LogP contribution is 2.18. The van der Waals surface area contributed by atoms with Gasteiger partial charge in [-0.15, -0.1) is 11.3 Å². The van der Waals surface area contributed by atoms with E-state index in [2.05, 4.69) is 5.32 Å². The lowest BCUT2D eigenvalue weighted by atomic mass is 10.3. The van der Waals surface area contributed by atoms with Crippen LogP contribution in [-0.2, 0) is 24.3 Å². The fourth-order valence-corrected chi connectivity index (χ4v) is 3.43. The SMILES string of the molecule is CN(C)S(=O)(=O)c1cccc(NC(=O)COC(=O)/C=C/c2cccs2)c1. The second-order valence-corrected chi connectivity index (χ2v) is 8.45. The minimum atomic E-state index is -3.60. The van der Waals surface area contributed by atoms with E-state index in [4.69, 9.17) is 4.74 Å². The molecule has 0 aliphatic carbocycles. The normalized spacial score (nSPS) is 11.7. The Balaban J connectivity index is 1.91. The highest BCUT2D eigenvalue weighted by molar-refractivity contribution is 7.89. The lowest BCUT2D eigenvalue weighted by molar-refractivity contribution is -0.142. The van der Waals surface area contributed by atoms with Crippen LogP contribution in [0.5, 0.6) is 0 Å². The van der Waals surface area contributed by atoms with Gasteiger partial charge in [-0.1, -0.05) is 12.1 Å².